The lowest BCUT2D eigenvalue weighted by Gasteiger charge is -2.15. The van der Waals surface area contributed by atoms with Crippen molar-refractivity contribution in [2.75, 3.05) is 23.9 Å². The van der Waals surface area contributed by atoms with Gasteiger partial charge in [-0.25, -0.2) is 4.79 Å². The van der Waals surface area contributed by atoms with E-state index in [4.69, 9.17) is 5.11 Å². The van der Waals surface area contributed by atoms with E-state index in [-0.39, 0.29) is 0 Å². The fraction of sp³-hybridized carbons (Fsp3) is 0.143. The summed E-state index contributed by atoms with van der Waals surface area (Å²) >= 11 is 0. The lowest BCUT2D eigenvalue weighted by molar-refractivity contribution is -0.107. The number of hydrogen-bond donors (Lipinski definition) is 1. The minimum Gasteiger partial charge on any atom is -0.465 e. The molecule has 0 spiro atoms. The van der Waals surface area contributed by atoms with Crippen LogP contribution in [-0.4, -0.2) is 31.7 Å². The Morgan fingerprint density at radius 2 is 1.58 bits per heavy atom. The van der Waals surface area contributed by atoms with Gasteiger partial charge in [0.2, 0.25) is 6.41 Å². The molecule has 2 aromatic carbocycles. The van der Waals surface area contributed by atoms with E-state index in [9.17, 15) is 9.59 Å². The minimum atomic E-state index is -1.00. The SMILES string of the molecule is CN(C=O)c1ccc2cc(N(C)C(=O)O)ccc2c1. The molecule has 2 aromatic rings. The van der Waals surface area contributed by atoms with Gasteiger partial charge in [0.25, 0.3) is 0 Å². The first-order valence-electron chi connectivity index (χ1n) is 5.71. The van der Waals surface area contributed by atoms with Crippen molar-refractivity contribution in [3.05, 3.63) is 36.4 Å². The van der Waals surface area contributed by atoms with E-state index in [0.717, 1.165) is 27.8 Å². The first kappa shape index (κ1) is 12.9. The molecular weight excluding hydrogens is 244 g/mol. The number of fused-ring (bicyclic) bond motifs is 1. The lowest BCUT2D eigenvalue weighted by atomic mass is 10.1. The number of benzene rings is 2. The van der Waals surface area contributed by atoms with Crippen molar-refractivity contribution in [1.82, 2.24) is 0 Å². The first-order valence-corrected chi connectivity index (χ1v) is 5.71. The summed E-state index contributed by atoms with van der Waals surface area (Å²) in [4.78, 5) is 24.3. The van der Waals surface area contributed by atoms with E-state index in [0.29, 0.717) is 5.69 Å². The normalized spacial score (nSPS) is 10.2. The van der Waals surface area contributed by atoms with Crippen LogP contribution in [-0.2, 0) is 4.79 Å². The molecule has 2 amide bonds. The zero-order chi connectivity index (χ0) is 14.0. The Labute approximate surface area is 110 Å². The molecule has 0 aliphatic rings. The Kier molecular flexibility index (Phi) is 3.37. The maximum absolute atomic E-state index is 10.9. The molecule has 0 heterocycles. The zero-order valence-electron chi connectivity index (χ0n) is 10.7. The quantitative estimate of drug-likeness (QED) is 0.860. The van der Waals surface area contributed by atoms with Crippen molar-refractivity contribution in [3.63, 3.8) is 0 Å². The Morgan fingerprint density at radius 1 is 1.05 bits per heavy atom. The van der Waals surface area contributed by atoms with Gasteiger partial charge in [-0.15, -0.1) is 0 Å². The minimum absolute atomic E-state index is 0.608. The Bertz CT molecular complexity index is 640. The van der Waals surface area contributed by atoms with Gasteiger partial charge >= 0.3 is 6.09 Å². The third kappa shape index (κ3) is 2.49. The summed E-state index contributed by atoms with van der Waals surface area (Å²) in [5.41, 5.74) is 1.40. The van der Waals surface area contributed by atoms with Crippen LogP contribution in [0.4, 0.5) is 16.2 Å². The number of carboxylic acid groups (broad SMARTS) is 1. The van der Waals surface area contributed by atoms with E-state index in [2.05, 4.69) is 0 Å². The second kappa shape index (κ2) is 4.97. The van der Waals surface area contributed by atoms with Crippen molar-refractivity contribution in [1.29, 1.82) is 0 Å². The van der Waals surface area contributed by atoms with Crippen LogP contribution in [0.5, 0.6) is 0 Å². The smallest absolute Gasteiger partial charge is 0.411 e. The number of amides is 2. The number of nitrogens with zero attached hydrogens (tertiary/aromatic N) is 2. The van der Waals surface area contributed by atoms with Gasteiger partial charge < -0.3 is 10.0 Å². The lowest BCUT2D eigenvalue weighted by Crippen LogP contribution is -2.23. The highest BCUT2D eigenvalue weighted by Gasteiger charge is 2.09. The molecule has 0 aliphatic carbocycles. The van der Waals surface area contributed by atoms with Crippen LogP contribution in [0.15, 0.2) is 36.4 Å². The van der Waals surface area contributed by atoms with Gasteiger partial charge in [0, 0.05) is 25.5 Å². The van der Waals surface area contributed by atoms with Crippen molar-refractivity contribution in [3.8, 4) is 0 Å². The van der Waals surface area contributed by atoms with E-state index in [1.807, 2.05) is 24.3 Å². The number of rotatable bonds is 3. The predicted molar refractivity (Wildman–Crippen MR) is 74.8 cm³/mol. The van der Waals surface area contributed by atoms with Crippen LogP contribution in [0.3, 0.4) is 0 Å². The predicted octanol–water partition coefficient (Wildman–Crippen LogP) is 2.55. The molecule has 19 heavy (non-hydrogen) atoms. The highest BCUT2D eigenvalue weighted by molar-refractivity contribution is 5.94. The monoisotopic (exact) mass is 258 g/mol. The number of hydrogen-bond acceptors (Lipinski definition) is 2. The van der Waals surface area contributed by atoms with Crippen LogP contribution < -0.4 is 9.80 Å². The highest BCUT2D eigenvalue weighted by Crippen LogP contribution is 2.25. The number of carbonyl (C=O) groups excluding carboxylic acids is 1. The zero-order valence-corrected chi connectivity index (χ0v) is 10.7. The average Bonchev–Trinajstić information content (AvgIpc) is 2.44. The summed E-state index contributed by atoms with van der Waals surface area (Å²) in [6, 6.07) is 10.9. The molecule has 0 unspecified atom stereocenters. The average molecular weight is 258 g/mol. The van der Waals surface area contributed by atoms with Gasteiger partial charge in [-0.2, -0.15) is 0 Å². The maximum atomic E-state index is 10.9. The number of anilines is 2. The molecule has 5 heteroatoms. The summed E-state index contributed by atoms with van der Waals surface area (Å²) in [6.45, 7) is 0. The van der Waals surface area contributed by atoms with Crippen LogP contribution >= 0.6 is 0 Å². The summed E-state index contributed by atoms with van der Waals surface area (Å²) in [6.07, 6.45) is -0.259. The van der Waals surface area contributed by atoms with Crippen molar-refractivity contribution < 1.29 is 14.7 Å². The maximum Gasteiger partial charge on any atom is 0.411 e. The molecule has 0 radical (unpaired) electrons. The molecule has 0 atom stereocenters. The van der Waals surface area contributed by atoms with E-state index in [1.165, 1.54) is 11.9 Å². The molecule has 0 fully saturated rings. The van der Waals surface area contributed by atoms with Crippen molar-refractivity contribution in [2.45, 2.75) is 0 Å². The topological polar surface area (TPSA) is 60.9 Å². The summed E-state index contributed by atoms with van der Waals surface area (Å²) in [7, 11) is 3.18. The highest BCUT2D eigenvalue weighted by atomic mass is 16.4. The third-order valence-corrected chi connectivity index (χ3v) is 3.05. The second-order valence-corrected chi connectivity index (χ2v) is 4.27. The fourth-order valence-corrected chi connectivity index (χ4v) is 1.82. The third-order valence-electron chi connectivity index (χ3n) is 3.05. The van der Waals surface area contributed by atoms with Gasteiger partial charge in [0.15, 0.2) is 0 Å². The van der Waals surface area contributed by atoms with Crippen molar-refractivity contribution >= 4 is 34.7 Å². The number of carbonyl (C=O) groups is 2. The van der Waals surface area contributed by atoms with Crippen molar-refractivity contribution in [2.24, 2.45) is 0 Å². The summed E-state index contributed by atoms with van der Waals surface area (Å²) < 4.78 is 0. The second-order valence-electron chi connectivity index (χ2n) is 4.27. The molecule has 0 aliphatic heterocycles. The molecule has 0 saturated carbocycles. The molecule has 5 nitrogen and oxygen atoms in total. The van der Waals surface area contributed by atoms with Gasteiger partial charge in [-0.1, -0.05) is 12.1 Å². The molecule has 1 N–H and O–H groups in total. The van der Waals surface area contributed by atoms with Crippen LogP contribution in [0.1, 0.15) is 0 Å². The Morgan fingerprint density at radius 3 is 2.11 bits per heavy atom. The van der Waals surface area contributed by atoms with Crippen LogP contribution in [0.2, 0.25) is 0 Å². The molecule has 98 valence electrons. The van der Waals surface area contributed by atoms with E-state index >= 15 is 0 Å². The standard InChI is InChI=1S/C14H14N2O3/c1-15(9-17)12-5-3-11-8-13(16(2)14(18)19)6-4-10(11)7-12/h3-9H,1-2H3,(H,18,19). The summed E-state index contributed by atoms with van der Waals surface area (Å²) in [5.74, 6) is 0. The largest absolute Gasteiger partial charge is 0.465 e. The molecule has 2 rings (SSSR count). The van der Waals surface area contributed by atoms with Gasteiger partial charge in [0.05, 0.1) is 0 Å². The molecule has 0 saturated heterocycles. The Balaban J connectivity index is 2.46. The Hall–Kier alpha value is -2.56. The molecular formula is C14H14N2O3. The van der Waals surface area contributed by atoms with E-state index < -0.39 is 6.09 Å². The van der Waals surface area contributed by atoms with Gasteiger partial charge in [-0.3, -0.25) is 9.69 Å². The van der Waals surface area contributed by atoms with E-state index in [1.54, 1.807) is 19.2 Å². The summed E-state index contributed by atoms with van der Waals surface area (Å²) in [5, 5.41) is 10.8. The molecule has 0 bridgehead atoms. The molecule has 0 aromatic heterocycles. The van der Waals surface area contributed by atoms with Gasteiger partial charge in [0.1, 0.15) is 0 Å². The fourth-order valence-electron chi connectivity index (χ4n) is 1.82. The first-order chi connectivity index (χ1) is 9.02. The van der Waals surface area contributed by atoms with Crippen LogP contribution in [0.25, 0.3) is 10.8 Å². The van der Waals surface area contributed by atoms with Gasteiger partial charge in [-0.05, 0) is 35.0 Å². The van der Waals surface area contributed by atoms with Crippen LogP contribution in [0, 0.1) is 0 Å².